The second-order valence-electron chi connectivity index (χ2n) is 5.31. The van der Waals surface area contributed by atoms with Crippen LogP contribution in [0.15, 0.2) is 0 Å². The highest BCUT2D eigenvalue weighted by Gasteiger charge is 2.23. The Balaban J connectivity index is 2.35. The number of carbonyl (C=O) groups excluding carboxylic acids is 4. The molecule has 136 valence electrons. The fourth-order valence-corrected chi connectivity index (χ4v) is 1.84. The van der Waals surface area contributed by atoms with Crippen LogP contribution in [0, 0.1) is 0 Å². The molecule has 11 nitrogen and oxygen atoms in total. The number of rotatable bonds is 7. The summed E-state index contributed by atoms with van der Waals surface area (Å²) in [4.78, 5) is 47.8. The molecule has 1 fully saturated rings. The number of morpholine rings is 1. The van der Waals surface area contributed by atoms with Crippen molar-refractivity contribution >= 4 is 23.8 Å². The molecule has 0 saturated carbocycles. The van der Waals surface area contributed by atoms with Gasteiger partial charge in [-0.25, -0.2) is 10.2 Å². The summed E-state index contributed by atoms with van der Waals surface area (Å²) in [6, 6.07) is -2.03. The van der Waals surface area contributed by atoms with Crippen molar-refractivity contribution in [1.82, 2.24) is 26.4 Å². The van der Waals surface area contributed by atoms with E-state index < -0.39 is 29.8 Å². The van der Waals surface area contributed by atoms with Crippen LogP contribution >= 0.6 is 0 Å². The summed E-state index contributed by atoms with van der Waals surface area (Å²) in [5.41, 5.74) is 9.47. The third-order valence-corrected chi connectivity index (χ3v) is 3.26. The Bertz CT molecular complexity index is 479. The summed E-state index contributed by atoms with van der Waals surface area (Å²) < 4.78 is 5.15. The van der Waals surface area contributed by atoms with Gasteiger partial charge < -0.3 is 26.0 Å². The highest BCUT2D eigenvalue weighted by Crippen LogP contribution is 1.98. The number of amides is 5. The zero-order valence-corrected chi connectivity index (χ0v) is 13.8. The van der Waals surface area contributed by atoms with Gasteiger partial charge in [-0.05, 0) is 13.8 Å². The van der Waals surface area contributed by atoms with E-state index in [1.54, 1.807) is 4.90 Å². The van der Waals surface area contributed by atoms with E-state index in [0.717, 1.165) is 0 Å². The number of urea groups is 1. The van der Waals surface area contributed by atoms with Crippen molar-refractivity contribution in [2.75, 3.05) is 32.8 Å². The Hall–Kier alpha value is -2.40. The lowest BCUT2D eigenvalue weighted by molar-refractivity contribution is -0.130. The summed E-state index contributed by atoms with van der Waals surface area (Å²) in [5.74, 6) is -1.68. The number of primary amides is 1. The fourth-order valence-electron chi connectivity index (χ4n) is 1.84. The molecule has 0 aromatic rings. The lowest BCUT2D eigenvalue weighted by atomic mass is 10.2. The molecular formula is C13H24N6O5. The molecule has 1 aliphatic rings. The van der Waals surface area contributed by atoms with Crippen LogP contribution in [0.1, 0.15) is 13.8 Å². The quantitative estimate of drug-likeness (QED) is 0.311. The molecule has 0 radical (unpaired) electrons. The van der Waals surface area contributed by atoms with Crippen LogP contribution in [0.2, 0.25) is 0 Å². The van der Waals surface area contributed by atoms with Crippen LogP contribution in [0.4, 0.5) is 4.79 Å². The number of nitrogens with two attached hydrogens (primary N) is 1. The van der Waals surface area contributed by atoms with E-state index >= 15 is 0 Å². The van der Waals surface area contributed by atoms with E-state index in [0.29, 0.717) is 26.3 Å². The molecule has 0 aliphatic carbocycles. The van der Waals surface area contributed by atoms with Gasteiger partial charge in [0.05, 0.1) is 19.8 Å². The lowest BCUT2D eigenvalue weighted by Gasteiger charge is -2.28. The second kappa shape index (κ2) is 9.67. The number of nitrogens with zero attached hydrogens (tertiary/aromatic N) is 1. The highest BCUT2D eigenvalue weighted by molar-refractivity contribution is 5.91. The van der Waals surface area contributed by atoms with Gasteiger partial charge in [0, 0.05) is 13.1 Å². The van der Waals surface area contributed by atoms with Crippen molar-refractivity contribution in [3.8, 4) is 0 Å². The van der Waals surface area contributed by atoms with E-state index in [4.69, 9.17) is 10.5 Å². The van der Waals surface area contributed by atoms with E-state index in [9.17, 15) is 19.2 Å². The molecule has 1 rings (SSSR count). The minimum absolute atomic E-state index is 0.224. The number of hydrogen-bond donors (Lipinski definition) is 5. The van der Waals surface area contributed by atoms with Gasteiger partial charge in [-0.3, -0.25) is 19.8 Å². The molecule has 24 heavy (non-hydrogen) atoms. The average molecular weight is 344 g/mol. The molecule has 0 aromatic carbocycles. The Kier molecular flexibility index (Phi) is 7.92. The number of carbonyl (C=O) groups is 4. The summed E-state index contributed by atoms with van der Waals surface area (Å²) in [7, 11) is 0. The summed E-state index contributed by atoms with van der Waals surface area (Å²) >= 11 is 0. The van der Waals surface area contributed by atoms with Crippen LogP contribution < -0.4 is 27.2 Å². The van der Waals surface area contributed by atoms with Crippen LogP contribution in [-0.2, 0) is 19.1 Å². The van der Waals surface area contributed by atoms with Crippen molar-refractivity contribution in [3.05, 3.63) is 0 Å². The molecule has 0 aromatic heterocycles. The van der Waals surface area contributed by atoms with Gasteiger partial charge in [0.1, 0.15) is 12.1 Å². The van der Waals surface area contributed by atoms with Gasteiger partial charge in [-0.15, -0.1) is 0 Å². The molecule has 5 amide bonds. The molecule has 1 saturated heterocycles. The lowest BCUT2D eigenvalue weighted by Crippen LogP contribution is -2.56. The number of ether oxygens (including phenoxy) is 1. The predicted molar refractivity (Wildman–Crippen MR) is 83.3 cm³/mol. The van der Waals surface area contributed by atoms with Crippen LogP contribution in [0.5, 0.6) is 0 Å². The minimum Gasteiger partial charge on any atom is -0.378 e. The largest absolute Gasteiger partial charge is 0.378 e. The second-order valence-corrected chi connectivity index (χ2v) is 5.31. The topological polar surface area (TPSA) is 155 Å². The molecule has 6 N–H and O–H groups in total. The molecule has 2 atom stereocenters. The van der Waals surface area contributed by atoms with Gasteiger partial charge in [-0.1, -0.05) is 0 Å². The van der Waals surface area contributed by atoms with Crippen molar-refractivity contribution < 1.29 is 23.9 Å². The average Bonchev–Trinajstić information content (AvgIpc) is 2.54. The van der Waals surface area contributed by atoms with Crippen molar-refractivity contribution in [3.63, 3.8) is 0 Å². The van der Waals surface area contributed by atoms with Gasteiger partial charge in [0.15, 0.2) is 0 Å². The first kappa shape index (κ1) is 19.6. The first-order valence-electron chi connectivity index (χ1n) is 7.56. The Labute approximate surface area is 139 Å². The smallest absolute Gasteiger partial charge is 0.318 e. The first-order chi connectivity index (χ1) is 11.3. The number of hydrazine groups is 1. The third-order valence-electron chi connectivity index (χ3n) is 3.26. The minimum atomic E-state index is -0.861. The predicted octanol–water partition coefficient (Wildman–Crippen LogP) is -2.97. The zero-order valence-electron chi connectivity index (χ0n) is 13.8. The first-order valence-corrected chi connectivity index (χ1v) is 7.56. The summed E-state index contributed by atoms with van der Waals surface area (Å²) in [6.45, 7) is 4.61. The molecular weight excluding hydrogens is 320 g/mol. The molecule has 0 unspecified atom stereocenters. The van der Waals surface area contributed by atoms with Crippen LogP contribution in [-0.4, -0.2) is 73.6 Å². The fraction of sp³-hybridized carbons (Fsp3) is 0.692. The maximum absolute atomic E-state index is 12.0. The molecule has 1 aliphatic heterocycles. The number of hydrogen-bond acceptors (Lipinski definition) is 6. The molecule has 11 heteroatoms. The maximum atomic E-state index is 12.0. The van der Waals surface area contributed by atoms with Crippen molar-refractivity contribution in [2.24, 2.45) is 5.73 Å². The van der Waals surface area contributed by atoms with Gasteiger partial charge in [0.25, 0.3) is 5.91 Å². The molecule has 1 heterocycles. The van der Waals surface area contributed by atoms with Crippen LogP contribution in [0.25, 0.3) is 0 Å². The van der Waals surface area contributed by atoms with E-state index in [1.165, 1.54) is 13.8 Å². The van der Waals surface area contributed by atoms with E-state index in [1.807, 2.05) is 0 Å². The Morgan fingerprint density at radius 1 is 1.04 bits per heavy atom. The van der Waals surface area contributed by atoms with E-state index in [2.05, 4.69) is 21.5 Å². The van der Waals surface area contributed by atoms with Gasteiger partial charge >= 0.3 is 6.03 Å². The Morgan fingerprint density at radius 3 is 2.21 bits per heavy atom. The maximum Gasteiger partial charge on any atom is 0.318 e. The van der Waals surface area contributed by atoms with Crippen LogP contribution in [0.3, 0.4) is 0 Å². The monoisotopic (exact) mass is 344 g/mol. The SMILES string of the molecule is C[C@H](NC(=O)[C@H](C)NC(=O)N1CCOCC1)C(=O)NNCC(N)=O. The van der Waals surface area contributed by atoms with Crippen molar-refractivity contribution in [1.29, 1.82) is 0 Å². The molecule has 0 bridgehead atoms. The van der Waals surface area contributed by atoms with Gasteiger partial charge in [0.2, 0.25) is 11.8 Å². The Morgan fingerprint density at radius 2 is 1.62 bits per heavy atom. The van der Waals surface area contributed by atoms with Crippen molar-refractivity contribution in [2.45, 2.75) is 25.9 Å². The summed E-state index contributed by atoms with van der Waals surface area (Å²) in [6.07, 6.45) is 0. The third kappa shape index (κ3) is 6.79. The zero-order chi connectivity index (χ0) is 18.1. The normalized spacial score (nSPS) is 16.7. The number of nitrogens with one attached hydrogen (secondary N) is 4. The van der Waals surface area contributed by atoms with Gasteiger partial charge in [-0.2, -0.15) is 0 Å². The standard InChI is InChI=1S/C13H24N6O5/c1-8(17-13(23)19-3-5-24-6-4-19)11(21)16-9(2)12(22)18-15-7-10(14)20/h8-9,15H,3-7H2,1-2H3,(H2,14,20)(H,16,21)(H,17,23)(H,18,22)/t8-,9-/m0/s1. The summed E-state index contributed by atoms with van der Waals surface area (Å²) in [5, 5.41) is 5.02. The highest BCUT2D eigenvalue weighted by atomic mass is 16.5. The van der Waals surface area contributed by atoms with E-state index in [-0.39, 0.29) is 12.6 Å². The molecule has 0 spiro atoms.